The van der Waals surface area contributed by atoms with Crippen LogP contribution in [0.2, 0.25) is 5.02 Å². The Morgan fingerprint density at radius 3 is 2.44 bits per heavy atom. The Bertz CT molecular complexity index is 1140. The number of pyridine rings is 1. The Hall–Kier alpha value is -2.89. The minimum absolute atomic E-state index is 0.0705. The third-order valence-electron chi connectivity index (χ3n) is 5.17. The Labute approximate surface area is 199 Å². The molecule has 32 heavy (non-hydrogen) atoms. The van der Waals surface area contributed by atoms with Gasteiger partial charge in [0.25, 0.3) is 0 Å². The number of aromatic nitrogens is 1. The van der Waals surface area contributed by atoms with E-state index >= 15 is 0 Å². The second kappa shape index (κ2) is 9.72. The number of nitrogens with one attached hydrogen (secondary N) is 1. The van der Waals surface area contributed by atoms with Crippen molar-refractivity contribution < 1.29 is 5.11 Å². The van der Waals surface area contributed by atoms with E-state index in [1.165, 1.54) is 17.5 Å². The van der Waals surface area contributed by atoms with Crippen LogP contribution in [0.3, 0.4) is 0 Å². The summed E-state index contributed by atoms with van der Waals surface area (Å²) in [5.41, 5.74) is 4.40. The number of hydrogen-bond acceptors (Lipinski definition) is 5. The third kappa shape index (κ3) is 5.12. The molecule has 166 valence electrons. The molecule has 0 radical (unpaired) electrons. The fraction of sp³-hybridized carbons (Fsp3) is 0.192. The molecule has 1 heterocycles. The molecule has 0 bridgehead atoms. The van der Waals surface area contributed by atoms with Crippen molar-refractivity contribution in [2.24, 2.45) is 0 Å². The SMILES string of the molecule is C=Cc1c(Cl)ccc(NSc2ccc(C(C)(C)C)cc2)c1C(=C)N(C)c1ncccc1O. The summed E-state index contributed by atoms with van der Waals surface area (Å²) in [6, 6.07) is 15.5. The van der Waals surface area contributed by atoms with E-state index in [0.717, 1.165) is 21.7 Å². The van der Waals surface area contributed by atoms with Gasteiger partial charge in [-0.15, -0.1) is 0 Å². The normalized spacial score (nSPS) is 11.2. The number of halogens is 1. The fourth-order valence-corrected chi connectivity index (χ4v) is 4.17. The number of rotatable bonds is 7. The van der Waals surface area contributed by atoms with Gasteiger partial charge >= 0.3 is 0 Å². The highest BCUT2D eigenvalue weighted by molar-refractivity contribution is 8.00. The molecule has 0 saturated carbocycles. The first kappa shape index (κ1) is 23.8. The predicted octanol–water partition coefficient (Wildman–Crippen LogP) is 7.61. The zero-order valence-electron chi connectivity index (χ0n) is 18.8. The van der Waals surface area contributed by atoms with Crippen LogP contribution in [0, 0.1) is 0 Å². The molecule has 0 amide bonds. The molecular weight excluding hydrogens is 438 g/mol. The van der Waals surface area contributed by atoms with Crippen LogP contribution in [0.15, 0.2) is 72.8 Å². The smallest absolute Gasteiger partial charge is 0.175 e. The van der Waals surface area contributed by atoms with E-state index in [0.29, 0.717) is 16.5 Å². The van der Waals surface area contributed by atoms with Crippen LogP contribution in [0.25, 0.3) is 11.8 Å². The van der Waals surface area contributed by atoms with Crippen molar-refractivity contribution in [3.05, 3.63) is 89.6 Å². The van der Waals surface area contributed by atoms with Gasteiger partial charge in [-0.2, -0.15) is 0 Å². The van der Waals surface area contributed by atoms with Gasteiger partial charge in [-0.25, -0.2) is 4.98 Å². The molecular formula is C26H28ClN3OS. The maximum absolute atomic E-state index is 10.2. The molecule has 0 fully saturated rings. The Morgan fingerprint density at radius 1 is 1.16 bits per heavy atom. The van der Waals surface area contributed by atoms with Crippen LogP contribution in [0.4, 0.5) is 11.5 Å². The Kier molecular flexibility index (Phi) is 7.22. The van der Waals surface area contributed by atoms with E-state index in [2.05, 4.69) is 67.9 Å². The second-order valence-electron chi connectivity index (χ2n) is 8.42. The van der Waals surface area contributed by atoms with Gasteiger partial charge in [0, 0.05) is 40.0 Å². The van der Waals surface area contributed by atoms with E-state index in [1.807, 2.05) is 12.1 Å². The molecule has 2 aromatic carbocycles. The Balaban J connectivity index is 1.93. The largest absolute Gasteiger partial charge is 0.504 e. The lowest BCUT2D eigenvalue weighted by molar-refractivity contribution is 0.474. The summed E-state index contributed by atoms with van der Waals surface area (Å²) in [6.07, 6.45) is 3.34. The average molecular weight is 466 g/mol. The Morgan fingerprint density at radius 2 is 1.84 bits per heavy atom. The molecule has 0 aliphatic heterocycles. The van der Waals surface area contributed by atoms with Gasteiger partial charge in [-0.3, -0.25) is 0 Å². The lowest BCUT2D eigenvalue weighted by Crippen LogP contribution is -2.17. The molecule has 2 N–H and O–H groups in total. The molecule has 1 aromatic heterocycles. The number of nitrogens with zero attached hydrogens (tertiary/aromatic N) is 2. The number of benzene rings is 2. The second-order valence-corrected chi connectivity index (χ2v) is 9.70. The molecule has 6 heteroatoms. The summed E-state index contributed by atoms with van der Waals surface area (Å²) in [5, 5.41) is 10.8. The van der Waals surface area contributed by atoms with Gasteiger partial charge in [0.15, 0.2) is 11.6 Å². The summed E-state index contributed by atoms with van der Waals surface area (Å²) in [7, 11) is 1.81. The lowest BCUT2D eigenvalue weighted by atomic mass is 9.87. The van der Waals surface area contributed by atoms with Crippen molar-refractivity contribution in [2.45, 2.75) is 31.1 Å². The topological polar surface area (TPSA) is 48.4 Å². The van der Waals surface area contributed by atoms with Crippen molar-refractivity contribution in [1.29, 1.82) is 0 Å². The van der Waals surface area contributed by atoms with Crippen molar-refractivity contribution in [3.8, 4) is 5.75 Å². The molecule has 0 aliphatic carbocycles. The van der Waals surface area contributed by atoms with Gasteiger partial charge in [0.1, 0.15) is 0 Å². The van der Waals surface area contributed by atoms with Crippen molar-refractivity contribution in [1.82, 2.24) is 4.98 Å². The average Bonchev–Trinajstić information content (AvgIpc) is 2.77. The van der Waals surface area contributed by atoms with Crippen LogP contribution >= 0.6 is 23.5 Å². The van der Waals surface area contributed by atoms with Gasteiger partial charge in [-0.1, -0.05) is 63.7 Å². The summed E-state index contributed by atoms with van der Waals surface area (Å²) in [5.74, 6) is 0.477. The lowest BCUT2D eigenvalue weighted by Gasteiger charge is -2.25. The molecule has 0 atom stereocenters. The van der Waals surface area contributed by atoms with Crippen molar-refractivity contribution in [2.75, 3.05) is 16.7 Å². The van der Waals surface area contributed by atoms with E-state index in [1.54, 1.807) is 36.4 Å². The summed E-state index contributed by atoms with van der Waals surface area (Å²) in [4.78, 5) is 7.11. The maximum Gasteiger partial charge on any atom is 0.175 e. The zero-order valence-corrected chi connectivity index (χ0v) is 20.4. The molecule has 0 spiro atoms. The first-order valence-corrected chi connectivity index (χ1v) is 11.4. The first-order chi connectivity index (χ1) is 15.1. The number of hydrogen-bond donors (Lipinski definition) is 2. The van der Waals surface area contributed by atoms with Crippen LogP contribution in [0.5, 0.6) is 5.75 Å². The minimum Gasteiger partial charge on any atom is -0.504 e. The summed E-state index contributed by atoms with van der Waals surface area (Å²) < 4.78 is 3.43. The van der Waals surface area contributed by atoms with E-state index in [-0.39, 0.29) is 11.2 Å². The van der Waals surface area contributed by atoms with Gasteiger partial charge < -0.3 is 14.7 Å². The van der Waals surface area contributed by atoms with Gasteiger partial charge in [0.2, 0.25) is 0 Å². The monoisotopic (exact) mass is 465 g/mol. The van der Waals surface area contributed by atoms with Crippen LogP contribution in [-0.4, -0.2) is 17.1 Å². The maximum atomic E-state index is 10.2. The molecule has 0 unspecified atom stereocenters. The number of anilines is 2. The third-order valence-corrected chi connectivity index (χ3v) is 6.33. The molecule has 4 nitrogen and oxygen atoms in total. The van der Waals surface area contributed by atoms with Gasteiger partial charge in [0.05, 0.1) is 5.69 Å². The molecule has 3 rings (SSSR count). The highest BCUT2D eigenvalue weighted by Gasteiger charge is 2.20. The number of aromatic hydroxyl groups is 1. The quantitative estimate of drug-likeness (QED) is 0.351. The van der Waals surface area contributed by atoms with Gasteiger partial charge in [-0.05, 0) is 59.3 Å². The molecule has 0 aliphatic rings. The van der Waals surface area contributed by atoms with Crippen LogP contribution < -0.4 is 9.62 Å². The fourth-order valence-electron chi connectivity index (χ4n) is 3.27. The highest BCUT2D eigenvalue weighted by atomic mass is 35.5. The molecule has 3 aromatic rings. The predicted molar refractivity (Wildman–Crippen MR) is 140 cm³/mol. The first-order valence-electron chi connectivity index (χ1n) is 10.2. The summed E-state index contributed by atoms with van der Waals surface area (Å²) >= 11 is 7.98. The van der Waals surface area contributed by atoms with Crippen LogP contribution in [0.1, 0.15) is 37.5 Å². The van der Waals surface area contributed by atoms with Crippen molar-refractivity contribution >= 4 is 46.8 Å². The minimum atomic E-state index is 0.0705. The molecule has 0 saturated heterocycles. The zero-order chi connectivity index (χ0) is 23.5. The van der Waals surface area contributed by atoms with E-state index in [4.69, 9.17) is 11.6 Å². The van der Waals surface area contributed by atoms with E-state index in [9.17, 15) is 5.11 Å². The standard InChI is InChI=1S/C26H28ClN3OS/c1-7-20-21(27)14-15-22(29-32-19-12-10-18(11-13-19)26(3,4)5)24(20)17(2)30(6)25-23(31)9-8-16-28-25/h7-16,29,31H,1-2H2,3-6H3. The summed E-state index contributed by atoms with van der Waals surface area (Å²) in [6.45, 7) is 14.8. The van der Waals surface area contributed by atoms with Crippen LogP contribution in [-0.2, 0) is 5.41 Å². The van der Waals surface area contributed by atoms with E-state index < -0.39 is 0 Å². The highest BCUT2D eigenvalue weighted by Crippen LogP contribution is 2.38. The van der Waals surface area contributed by atoms with Crippen molar-refractivity contribution in [3.63, 3.8) is 0 Å².